The van der Waals surface area contributed by atoms with Crippen molar-refractivity contribution in [3.8, 4) is 0 Å². The smallest absolute Gasteiger partial charge is 0.408 e. The van der Waals surface area contributed by atoms with Crippen molar-refractivity contribution >= 4 is 28.0 Å². The van der Waals surface area contributed by atoms with Crippen molar-refractivity contribution in [2.75, 3.05) is 19.3 Å². The fourth-order valence-electron chi connectivity index (χ4n) is 4.14. The van der Waals surface area contributed by atoms with E-state index >= 15 is 0 Å². The van der Waals surface area contributed by atoms with Gasteiger partial charge in [0.2, 0.25) is 5.91 Å². The van der Waals surface area contributed by atoms with E-state index < -0.39 is 45.3 Å². The van der Waals surface area contributed by atoms with Crippen molar-refractivity contribution in [2.45, 2.75) is 98.3 Å². The Morgan fingerprint density at radius 3 is 2.14 bits per heavy atom. The summed E-state index contributed by atoms with van der Waals surface area (Å²) in [7, 11) is -3.86. The summed E-state index contributed by atoms with van der Waals surface area (Å²) in [6.45, 7) is 13.4. The van der Waals surface area contributed by atoms with E-state index in [0.717, 1.165) is 31.9 Å². The molecular formula is C24H45N3O7S. The monoisotopic (exact) mass is 519 g/mol. The Balaban J connectivity index is 2.92. The highest BCUT2D eigenvalue weighted by atomic mass is 32.2. The summed E-state index contributed by atoms with van der Waals surface area (Å²) in [5, 5.41) is 8.32. The van der Waals surface area contributed by atoms with Gasteiger partial charge in [-0.2, -0.15) is 8.42 Å². The number of rotatable bonds is 11. The summed E-state index contributed by atoms with van der Waals surface area (Å²) in [4.78, 5) is 38.2. The summed E-state index contributed by atoms with van der Waals surface area (Å²) in [6, 6.07) is -0.849. The van der Waals surface area contributed by atoms with E-state index in [0.29, 0.717) is 13.0 Å². The van der Waals surface area contributed by atoms with Crippen LogP contribution in [-0.4, -0.2) is 63.4 Å². The Morgan fingerprint density at radius 2 is 1.63 bits per heavy atom. The highest BCUT2D eigenvalue weighted by Crippen LogP contribution is 2.36. The molecule has 0 aliphatic heterocycles. The van der Waals surface area contributed by atoms with E-state index in [4.69, 9.17) is 8.92 Å². The third-order valence-corrected chi connectivity index (χ3v) is 6.36. The van der Waals surface area contributed by atoms with Crippen LogP contribution in [0.5, 0.6) is 0 Å². The minimum absolute atomic E-state index is 0.148. The molecule has 0 bridgehead atoms. The van der Waals surface area contributed by atoms with Gasteiger partial charge in [0.1, 0.15) is 11.6 Å². The molecule has 0 aromatic carbocycles. The quantitative estimate of drug-likeness (QED) is 0.282. The normalized spacial score (nSPS) is 20.6. The second-order valence-corrected chi connectivity index (χ2v) is 13.0. The highest BCUT2D eigenvalue weighted by molar-refractivity contribution is 7.86. The van der Waals surface area contributed by atoms with Crippen LogP contribution in [0.15, 0.2) is 0 Å². The molecule has 4 atom stereocenters. The molecule has 0 saturated heterocycles. The predicted molar refractivity (Wildman–Crippen MR) is 134 cm³/mol. The van der Waals surface area contributed by atoms with Gasteiger partial charge in [0.15, 0.2) is 6.10 Å². The zero-order chi connectivity index (χ0) is 27.0. The Hall–Kier alpha value is -1.88. The Kier molecular flexibility index (Phi) is 11.5. The summed E-state index contributed by atoms with van der Waals surface area (Å²) in [6.07, 6.45) is 2.89. The number of carbonyl (C=O) groups excluding carboxylic acids is 3. The number of amides is 3. The molecule has 0 aromatic heterocycles. The van der Waals surface area contributed by atoms with Crippen LogP contribution in [0.3, 0.4) is 0 Å². The van der Waals surface area contributed by atoms with Crippen molar-refractivity contribution in [3.05, 3.63) is 0 Å². The van der Waals surface area contributed by atoms with Crippen LogP contribution in [0.2, 0.25) is 0 Å². The Bertz CT molecular complexity index is 831. The zero-order valence-corrected chi connectivity index (χ0v) is 23.3. The van der Waals surface area contributed by atoms with Gasteiger partial charge in [-0.25, -0.2) is 4.79 Å². The minimum Gasteiger partial charge on any atom is -0.444 e. The van der Waals surface area contributed by atoms with Gasteiger partial charge >= 0.3 is 6.09 Å². The molecule has 1 aliphatic rings. The maximum atomic E-state index is 13.1. The van der Waals surface area contributed by atoms with Crippen molar-refractivity contribution < 1.29 is 31.7 Å². The number of unbranched alkanes of at least 4 members (excludes halogenated alkanes) is 1. The molecule has 1 saturated carbocycles. The standard InChI is InChI=1S/C24H45N3O7S/c1-9-10-14-25-20(28)18(34-35(8,31)32)17-13-11-12-16(17)15-26-21(29)19(23(2,3)4)27-22(30)33-24(5,6)7/h16-19H,9-15H2,1-8H3,(H,25,28)(H,26,29)(H,27,30)/t16-,17-,18?,19+/m0/s1. The summed E-state index contributed by atoms with van der Waals surface area (Å²) < 4.78 is 34.3. The van der Waals surface area contributed by atoms with E-state index in [1.807, 2.05) is 27.7 Å². The zero-order valence-electron chi connectivity index (χ0n) is 22.5. The van der Waals surface area contributed by atoms with Crippen molar-refractivity contribution in [3.63, 3.8) is 0 Å². The molecule has 1 unspecified atom stereocenters. The first-order valence-electron chi connectivity index (χ1n) is 12.4. The van der Waals surface area contributed by atoms with Crippen LogP contribution in [0.4, 0.5) is 4.79 Å². The highest BCUT2D eigenvalue weighted by Gasteiger charge is 2.41. The molecule has 0 heterocycles. The maximum absolute atomic E-state index is 13.1. The average molecular weight is 520 g/mol. The van der Waals surface area contributed by atoms with Crippen molar-refractivity contribution in [2.24, 2.45) is 17.3 Å². The molecule has 11 heteroatoms. The van der Waals surface area contributed by atoms with Crippen LogP contribution in [0.1, 0.15) is 80.6 Å². The van der Waals surface area contributed by atoms with Gasteiger partial charge in [-0.05, 0) is 51.4 Å². The molecule has 1 aliphatic carbocycles. The molecule has 204 valence electrons. The van der Waals surface area contributed by atoms with Gasteiger partial charge in [0.05, 0.1) is 6.26 Å². The molecule has 3 N–H and O–H groups in total. The molecule has 1 fully saturated rings. The fourth-order valence-corrected chi connectivity index (χ4v) is 4.75. The molecule has 1 rings (SSSR count). The number of nitrogens with one attached hydrogen (secondary N) is 3. The van der Waals surface area contributed by atoms with Crippen LogP contribution in [0, 0.1) is 17.3 Å². The van der Waals surface area contributed by atoms with E-state index in [1.165, 1.54) is 0 Å². The summed E-state index contributed by atoms with van der Waals surface area (Å²) in [5.41, 5.74) is -1.29. The van der Waals surface area contributed by atoms with Gasteiger partial charge in [0.25, 0.3) is 16.0 Å². The second kappa shape index (κ2) is 12.9. The topological polar surface area (TPSA) is 140 Å². The Labute approximate surface area is 210 Å². The molecule has 0 aromatic rings. The molecule has 0 spiro atoms. The summed E-state index contributed by atoms with van der Waals surface area (Å²) >= 11 is 0. The predicted octanol–water partition coefficient (Wildman–Crippen LogP) is 2.72. The molecule has 35 heavy (non-hydrogen) atoms. The van der Waals surface area contributed by atoms with E-state index in [-0.39, 0.29) is 24.3 Å². The van der Waals surface area contributed by atoms with E-state index in [1.54, 1.807) is 20.8 Å². The van der Waals surface area contributed by atoms with Gasteiger partial charge < -0.3 is 20.7 Å². The second-order valence-electron chi connectivity index (χ2n) is 11.4. The molecule has 10 nitrogen and oxygen atoms in total. The summed E-state index contributed by atoms with van der Waals surface area (Å²) in [5.74, 6) is -1.34. The molecule has 0 radical (unpaired) electrons. The van der Waals surface area contributed by atoms with Crippen molar-refractivity contribution in [1.29, 1.82) is 0 Å². The lowest BCUT2D eigenvalue weighted by Crippen LogP contribution is -2.55. The Morgan fingerprint density at radius 1 is 1.00 bits per heavy atom. The fraction of sp³-hybridized carbons (Fsp3) is 0.875. The van der Waals surface area contributed by atoms with Crippen LogP contribution in [-0.2, 0) is 28.6 Å². The first kappa shape index (κ1) is 31.2. The lowest BCUT2D eigenvalue weighted by Gasteiger charge is -2.32. The van der Waals surface area contributed by atoms with Gasteiger partial charge in [-0.1, -0.05) is 40.5 Å². The van der Waals surface area contributed by atoms with Crippen molar-refractivity contribution in [1.82, 2.24) is 16.0 Å². The maximum Gasteiger partial charge on any atom is 0.408 e. The number of hydrogen-bond acceptors (Lipinski definition) is 7. The van der Waals surface area contributed by atoms with Crippen LogP contribution >= 0.6 is 0 Å². The van der Waals surface area contributed by atoms with E-state index in [2.05, 4.69) is 16.0 Å². The number of hydrogen-bond donors (Lipinski definition) is 3. The average Bonchev–Trinajstić information content (AvgIpc) is 3.14. The van der Waals surface area contributed by atoms with Crippen LogP contribution < -0.4 is 16.0 Å². The van der Waals surface area contributed by atoms with E-state index in [9.17, 15) is 22.8 Å². The van der Waals surface area contributed by atoms with Gasteiger partial charge in [-0.15, -0.1) is 0 Å². The SMILES string of the molecule is CCCCNC(=O)C(OS(C)(=O)=O)[C@H]1CCC[C@H]1CNC(=O)[C@@H](NC(=O)OC(C)(C)C)C(C)(C)C. The first-order chi connectivity index (χ1) is 15.9. The molecular weight excluding hydrogens is 474 g/mol. The lowest BCUT2D eigenvalue weighted by atomic mass is 9.85. The van der Waals surface area contributed by atoms with Gasteiger partial charge in [-0.3, -0.25) is 13.8 Å². The number of alkyl carbamates (subject to hydrolysis) is 1. The number of ether oxygens (including phenoxy) is 1. The minimum atomic E-state index is -3.86. The third kappa shape index (κ3) is 11.6. The first-order valence-corrected chi connectivity index (χ1v) is 14.2. The molecule has 3 amide bonds. The third-order valence-electron chi connectivity index (χ3n) is 5.80. The van der Waals surface area contributed by atoms with Crippen LogP contribution in [0.25, 0.3) is 0 Å². The largest absolute Gasteiger partial charge is 0.444 e. The van der Waals surface area contributed by atoms with Gasteiger partial charge in [0, 0.05) is 19.0 Å². The number of carbonyl (C=O) groups is 3. The lowest BCUT2D eigenvalue weighted by molar-refractivity contribution is -0.130.